The second-order valence-electron chi connectivity index (χ2n) is 8.91. The third-order valence-corrected chi connectivity index (χ3v) is 6.92. The van der Waals surface area contributed by atoms with Crippen LogP contribution in [0.25, 0.3) is 0 Å². The molecule has 0 radical (unpaired) electrons. The van der Waals surface area contributed by atoms with Gasteiger partial charge in [-0.15, -0.1) is 24.0 Å². The zero-order valence-corrected chi connectivity index (χ0v) is 20.5. The first-order chi connectivity index (χ1) is 13.3. The van der Waals surface area contributed by atoms with Crippen molar-refractivity contribution in [2.24, 2.45) is 4.99 Å². The third-order valence-electron chi connectivity index (χ3n) is 6.92. The molecule has 3 aliphatic rings. The molecule has 0 spiro atoms. The Balaban J connectivity index is 0.00000280. The molecule has 1 aliphatic carbocycles. The van der Waals surface area contributed by atoms with E-state index in [2.05, 4.69) is 27.6 Å². The predicted octanol–water partition coefficient (Wildman–Crippen LogP) is 4.30. The number of nitrogens with one attached hydrogen (secondary N) is 2. The highest BCUT2D eigenvalue weighted by molar-refractivity contribution is 14.0. The Morgan fingerprint density at radius 1 is 0.964 bits per heavy atom. The second-order valence-corrected chi connectivity index (χ2v) is 8.91. The van der Waals surface area contributed by atoms with Crippen molar-refractivity contribution < 1.29 is 4.74 Å². The Kier molecular flexibility index (Phi) is 11.5. The molecule has 1 saturated carbocycles. The van der Waals surface area contributed by atoms with Crippen LogP contribution < -0.4 is 10.6 Å². The van der Waals surface area contributed by atoms with Gasteiger partial charge in [-0.2, -0.15) is 0 Å². The van der Waals surface area contributed by atoms with E-state index < -0.39 is 0 Å². The van der Waals surface area contributed by atoms with Gasteiger partial charge in [0.2, 0.25) is 0 Å². The summed E-state index contributed by atoms with van der Waals surface area (Å²) in [6.07, 6.45) is 17.5. The fourth-order valence-electron chi connectivity index (χ4n) is 5.21. The van der Waals surface area contributed by atoms with Gasteiger partial charge in [-0.3, -0.25) is 4.99 Å². The summed E-state index contributed by atoms with van der Waals surface area (Å²) in [5.41, 5.74) is 0. The minimum absolute atomic E-state index is 0. The first-order valence-electron chi connectivity index (χ1n) is 11.6. The molecular formula is C22H43IN4O. The zero-order valence-electron chi connectivity index (χ0n) is 18.1. The summed E-state index contributed by atoms with van der Waals surface area (Å²) in [4.78, 5) is 7.06. The lowest BCUT2D eigenvalue weighted by Crippen LogP contribution is -2.56. The molecule has 164 valence electrons. The monoisotopic (exact) mass is 506 g/mol. The summed E-state index contributed by atoms with van der Waals surface area (Å²) >= 11 is 0. The van der Waals surface area contributed by atoms with Crippen LogP contribution in [-0.4, -0.2) is 62.3 Å². The maximum atomic E-state index is 6.02. The van der Waals surface area contributed by atoms with Gasteiger partial charge in [0.25, 0.3) is 0 Å². The van der Waals surface area contributed by atoms with E-state index in [4.69, 9.17) is 4.74 Å². The van der Waals surface area contributed by atoms with Crippen molar-refractivity contribution in [1.82, 2.24) is 15.5 Å². The molecule has 0 aromatic heterocycles. The lowest BCUT2D eigenvalue weighted by molar-refractivity contribution is 0.0264. The van der Waals surface area contributed by atoms with Crippen LogP contribution in [-0.2, 0) is 4.74 Å². The highest BCUT2D eigenvalue weighted by atomic mass is 127. The van der Waals surface area contributed by atoms with Crippen molar-refractivity contribution in [2.75, 3.05) is 27.2 Å². The average molecular weight is 507 g/mol. The van der Waals surface area contributed by atoms with E-state index in [1.807, 2.05) is 7.05 Å². The molecule has 0 amide bonds. The molecule has 0 aromatic carbocycles. The molecule has 2 N–H and O–H groups in total. The van der Waals surface area contributed by atoms with Crippen molar-refractivity contribution in [2.45, 2.75) is 108 Å². The normalized spacial score (nSPS) is 29.2. The van der Waals surface area contributed by atoms with Crippen molar-refractivity contribution >= 4 is 29.9 Å². The van der Waals surface area contributed by atoms with Crippen molar-refractivity contribution in [3.8, 4) is 0 Å². The highest BCUT2D eigenvalue weighted by Crippen LogP contribution is 2.32. The van der Waals surface area contributed by atoms with Gasteiger partial charge in [-0.25, -0.2) is 0 Å². The molecule has 3 rings (SSSR count). The number of unbranched alkanes of at least 4 members (excludes halogenated alkanes) is 2. The Morgan fingerprint density at radius 3 is 2.36 bits per heavy atom. The van der Waals surface area contributed by atoms with Crippen molar-refractivity contribution in [3.05, 3.63) is 0 Å². The number of hydrogen-bond acceptors (Lipinski definition) is 3. The van der Waals surface area contributed by atoms with Crippen LogP contribution in [0.4, 0.5) is 0 Å². The topological polar surface area (TPSA) is 48.9 Å². The minimum atomic E-state index is 0. The first-order valence-corrected chi connectivity index (χ1v) is 11.6. The van der Waals surface area contributed by atoms with Crippen LogP contribution in [0, 0.1) is 0 Å². The van der Waals surface area contributed by atoms with E-state index in [1.165, 1.54) is 83.5 Å². The summed E-state index contributed by atoms with van der Waals surface area (Å²) in [5.74, 6) is 0.987. The summed E-state index contributed by atoms with van der Waals surface area (Å²) in [6, 6.07) is 2.10. The zero-order chi connectivity index (χ0) is 18.9. The van der Waals surface area contributed by atoms with E-state index in [-0.39, 0.29) is 24.0 Å². The third kappa shape index (κ3) is 7.63. The molecule has 2 unspecified atom stereocenters. The fraction of sp³-hybridized carbons (Fsp3) is 0.955. The molecule has 2 heterocycles. The smallest absolute Gasteiger partial charge is 0.191 e. The molecule has 5 nitrogen and oxygen atoms in total. The summed E-state index contributed by atoms with van der Waals surface area (Å²) in [7, 11) is 4.21. The van der Waals surface area contributed by atoms with Gasteiger partial charge in [-0.1, -0.05) is 25.7 Å². The molecule has 3 fully saturated rings. The van der Waals surface area contributed by atoms with Crippen molar-refractivity contribution in [3.63, 3.8) is 0 Å². The van der Waals surface area contributed by atoms with Crippen LogP contribution in [0.15, 0.2) is 4.99 Å². The SMILES string of the molecule is CN=C(NCCCCCOC1CCCCC1)NC1CC2CCCC(C1)N2C.I. The van der Waals surface area contributed by atoms with E-state index in [0.29, 0.717) is 12.1 Å². The molecule has 2 saturated heterocycles. The number of guanidine groups is 1. The molecule has 28 heavy (non-hydrogen) atoms. The molecule has 0 aromatic rings. The van der Waals surface area contributed by atoms with Gasteiger partial charge in [0, 0.05) is 38.3 Å². The van der Waals surface area contributed by atoms with Gasteiger partial charge in [0.1, 0.15) is 0 Å². The number of ether oxygens (including phenoxy) is 1. The highest BCUT2D eigenvalue weighted by Gasteiger charge is 2.36. The van der Waals surface area contributed by atoms with E-state index in [0.717, 1.165) is 31.2 Å². The van der Waals surface area contributed by atoms with Gasteiger partial charge in [0.05, 0.1) is 6.10 Å². The van der Waals surface area contributed by atoms with Gasteiger partial charge in [0.15, 0.2) is 5.96 Å². The number of halogens is 1. The number of hydrogen-bond donors (Lipinski definition) is 2. The molecule has 2 atom stereocenters. The largest absolute Gasteiger partial charge is 0.378 e. The lowest BCUT2D eigenvalue weighted by atomic mass is 9.82. The van der Waals surface area contributed by atoms with Gasteiger partial charge in [-0.05, 0) is 64.8 Å². The maximum absolute atomic E-state index is 6.02. The van der Waals surface area contributed by atoms with Gasteiger partial charge < -0.3 is 20.3 Å². The first kappa shape index (κ1) is 24.2. The molecule has 2 bridgehead atoms. The van der Waals surface area contributed by atoms with Crippen LogP contribution in [0.3, 0.4) is 0 Å². The van der Waals surface area contributed by atoms with Crippen LogP contribution in [0.1, 0.15) is 83.5 Å². The summed E-state index contributed by atoms with van der Waals surface area (Å²) < 4.78 is 6.02. The average Bonchev–Trinajstić information content (AvgIpc) is 2.67. The lowest BCUT2D eigenvalue weighted by Gasteiger charge is -2.47. The number of piperidine rings is 2. The minimum Gasteiger partial charge on any atom is -0.378 e. The van der Waals surface area contributed by atoms with Gasteiger partial charge >= 0.3 is 0 Å². The predicted molar refractivity (Wildman–Crippen MR) is 129 cm³/mol. The molecule has 2 aliphatic heterocycles. The van der Waals surface area contributed by atoms with E-state index in [1.54, 1.807) is 0 Å². The quantitative estimate of drug-likeness (QED) is 0.223. The van der Waals surface area contributed by atoms with E-state index in [9.17, 15) is 0 Å². The van der Waals surface area contributed by atoms with E-state index >= 15 is 0 Å². The number of rotatable bonds is 8. The second kappa shape index (κ2) is 13.3. The van der Waals surface area contributed by atoms with Crippen LogP contribution >= 0.6 is 24.0 Å². The van der Waals surface area contributed by atoms with Crippen LogP contribution in [0.5, 0.6) is 0 Å². The fourth-order valence-corrected chi connectivity index (χ4v) is 5.21. The van der Waals surface area contributed by atoms with Crippen LogP contribution in [0.2, 0.25) is 0 Å². The summed E-state index contributed by atoms with van der Waals surface area (Å²) in [5, 5.41) is 7.21. The summed E-state index contributed by atoms with van der Waals surface area (Å²) in [6.45, 7) is 1.94. The number of nitrogens with zero attached hydrogens (tertiary/aromatic N) is 2. The maximum Gasteiger partial charge on any atom is 0.191 e. The Bertz CT molecular complexity index is 442. The standard InChI is InChI=1S/C22H42N4O.HI/c1-23-22(25-18-16-19-10-9-11-20(17-18)26(19)2)24-14-7-4-8-15-27-21-12-5-3-6-13-21;/h18-21H,3-17H2,1-2H3,(H2,23,24,25);1H. The Morgan fingerprint density at radius 2 is 1.68 bits per heavy atom. The Hall–Kier alpha value is -0.0800. The Labute approximate surface area is 189 Å². The number of aliphatic imine (C=N–C) groups is 1. The number of fused-ring (bicyclic) bond motifs is 2. The van der Waals surface area contributed by atoms with Crippen molar-refractivity contribution in [1.29, 1.82) is 0 Å². The molecular weight excluding hydrogens is 463 g/mol. The molecule has 6 heteroatoms.